The van der Waals surface area contributed by atoms with Gasteiger partial charge in [-0.05, 0) is 45.1 Å². The number of amides is 2. The molecular weight excluding hydrogens is 268 g/mol. The van der Waals surface area contributed by atoms with Gasteiger partial charge in [0.25, 0.3) is 0 Å². The lowest BCUT2D eigenvalue weighted by molar-refractivity contribution is -0.139. The Labute approximate surface area is 125 Å². The summed E-state index contributed by atoms with van der Waals surface area (Å²) in [6.45, 7) is 5.31. The predicted molar refractivity (Wildman–Crippen MR) is 79.6 cm³/mol. The van der Waals surface area contributed by atoms with Crippen molar-refractivity contribution in [1.29, 1.82) is 0 Å². The zero-order chi connectivity index (χ0) is 15.6. The van der Waals surface area contributed by atoms with Crippen molar-refractivity contribution in [3.8, 4) is 0 Å². The maximum absolute atomic E-state index is 12.5. The van der Waals surface area contributed by atoms with Crippen molar-refractivity contribution in [3.63, 3.8) is 0 Å². The SMILES string of the molecule is CC(=O)NC(C)(C)C(=O)N(C)Cc1n[nH]c2c1CCCC2. The number of nitrogens with one attached hydrogen (secondary N) is 2. The fourth-order valence-corrected chi connectivity index (χ4v) is 2.95. The molecule has 0 aromatic carbocycles. The predicted octanol–water partition coefficient (Wildman–Crippen LogP) is 1.16. The Hall–Kier alpha value is -1.85. The highest BCUT2D eigenvalue weighted by Crippen LogP contribution is 2.23. The molecule has 0 aliphatic heterocycles. The number of aromatic nitrogens is 2. The van der Waals surface area contributed by atoms with Crippen LogP contribution in [0.25, 0.3) is 0 Å². The third-order valence-electron chi connectivity index (χ3n) is 3.90. The van der Waals surface area contributed by atoms with Crippen LogP contribution in [0.2, 0.25) is 0 Å². The quantitative estimate of drug-likeness (QED) is 0.874. The molecule has 0 bridgehead atoms. The summed E-state index contributed by atoms with van der Waals surface area (Å²) in [6.07, 6.45) is 4.43. The number of nitrogens with zero attached hydrogens (tertiary/aromatic N) is 2. The Kier molecular flexibility index (Phi) is 4.34. The Morgan fingerprint density at radius 2 is 2.00 bits per heavy atom. The Morgan fingerprint density at radius 1 is 1.33 bits per heavy atom. The van der Waals surface area contributed by atoms with Crippen molar-refractivity contribution < 1.29 is 9.59 Å². The van der Waals surface area contributed by atoms with Crippen LogP contribution >= 0.6 is 0 Å². The van der Waals surface area contributed by atoms with Crippen LogP contribution in [0.5, 0.6) is 0 Å². The Morgan fingerprint density at radius 3 is 2.67 bits per heavy atom. The van der Waals surface area contributed by atoms with Crippen molar-refractivity contribution in [2.45, 2.75) is 58.5 Å². The highest BCUT2D eigenvalue weighted by atomic mass is 16.2. The molecule has 0 spiro atoms. The van der Waals surface area contributed by atoms with E-state index < -0.39 is 5.54 Å². The second kappa shape index (κ2) is 5.87. The molecular formula is C15H24N4O2. The summed E-state index contributed by atoms with van der Waals surface area (Å²) in [4.78, 5) is 25.3. The van der Waals surface area contributed by atoms with Gasteiger partial charge in [-0.1, -0.05) is 0 Å². The van der Waals surface area contributed by atoms with E-state index in [1.165, 1.54) is 31.0 Å². The fourth-order valence-electron chi connectivity index (χ4n) is 2.95. The average molecular weight is 292 g/mol. The number of hydrogen-bond acceptors (Lipinski definition) is 3. The minimum atomic E-state index is -0.906. The van der Waals surface area contributed by atoms with Crippen molar-refractivity contribution in [2.75, 3.05) is 7.05 Å². The molecule has 21 heavy (non-hydrogen) atoms. The van der Waals surface area contributed by atoms with Crippen molar-refractivity contribution >= 4 is 11.8 Å². The topological polar surface area (TPSA) is 78.1 Å². The van der Waals surface area contributed by atoms with E-state index in [9.17, 15) is 9.59 Å². The monoisotopic (exact) mass is 292 g/mol. The van der Waals surface area contributed by atoms with Crippen LogP contribution in [0.4, 0.5) is 0 Å². The molecule has 0 radical (unpaired) electrons. The van der Waals surface area contributed by atoms with E-state index in [0.717, 1.165) is 18.5 Å². The van der Waals surface area contributed by atoms with Gasteiger partial charge in [0.2, 0.25) is 11.8 Å². The normalized spacial score (nSPS) is 14.5. The van der Waals surface area contributed by atoms with Gasteiger partial charge < -0.3 is 10.2 Å². The molecule has 6 nitrogen and oxygen atoms in total. The number of likely N-dealkylation sites (N-methyl/N-ethyl adjacent to an activating group) is 1. The first-order chi connectivity index (χ1) is 9.81. The summed E-state index contributed by atoms with van der Waals surface area (Å²) in [5.41, 5.74) is 2.51. The lowest BCUT2D eigenvalue weighted by Crippen LogP contribution is -2.54. The average Bonchev–Trinajstić information content (AvgIpc) is 2.80. The number of aryl methyl sites for hydroxylation is 1. The van der Waals surface area contributed by atoms with Gasteiger partial charge in [-0.2, -0.15) is 5.10 Å². The van der Waals surface area contributed by atoms with Gasteiger partial charge in [0.1, 0.15) is 5.54 Å². The number of hydrogen-bond donors (Lipinski definition) is 2. The molecule has 0 fully saturated rings. The summed E-state index contributed by atoms with van der Waals surface area (Å²) in [5, 5.41) is 10.1. The van der Waals surface area contributed by atoms with E-state index in [0.29, 0.717) is 6.54 Å². The number of carbonyl (C=O) groups is 2. The molecule has 0 saturated carbocycles. The van der Waals surface area contributed by atoms with Gasteiger partial charge in [-0.25, -0.2) is 0 Å². The van der Waals surface area contributed by atoms with Crippen LogP contribution in [0.1, 0.15) is 50.6 Å². The maximum Gasteiger partial charge on any atom is 0.247 e. The number of rotatable bonds is 4. The molecule has 2 N–H and O–H groups in total. The molecule has 1 aromatic rings. The van der Waals surface area contributed by atoms with E-state index in [1.54, 1.807) is 25.8 Å². The zero-order valence-corrected chi connectivity index (χ0v) is 13.2. The molecule has 1 aromatic heterocycles. The molecule has 6 heteroatoms. The van der Waals surface area contributed by atoms with Gasteiger partial charge in [-0.3, -0.25) is 14.7 Å². The molecule has 2 amide bonds. The van der Waals surface area contributed by atoms with E-state index in [4.69, 9.17) is 0 Å². The van der Waals surface area contributed by atoms with Crippen molar-refractivity contribution in [3.05, 3.63) is 17.0 Å². The van der Waals surface area contributed by atoms with Crippen LogP contribution in [0.3, 0.4) is 0 Å². The largest absolute Gasteiger partial charge is 0.342 e. The standard InChI is InChI=1S/C15H24N4O2/c1-10(20)16-15(2,3)14(21)19(4)9-13-11-7-5-6-8-12(11)17-18-13/h5-9H2,1-4H3,(H,16,20)(H,17,18). The number of H-pyrrole nitrogens is 1. The lowest BCUT2D eigenvalue weighted by atomic mass is 9.95. The Balaban J connectivity index is 2.07. The summed E-state index contributed by atoms with van der Waals surface area (Å²) < 4.78 is 0. The third-order valence-corrected chi connectivity index (χ3v) is 3.90. The van der Waals surface area contributed by atoms with E-state index >= 15 is 0 Å². The Bertz CT molecular complexity index is 548. The molecule has 0 atom stereocenters. The van der Waals surface area contributed by atoms with Crippen LogP contribution < -0.4 is 5.32 Å². The van der Waals surface area contributed by atoms with Gasteiger partial charge in [0, 0.05) is 19.7 Å². The van der Waals surface area contributed by atoms with Gasteiger partial charge in [0.05, 0.1) is 12.2 Å². The fraction of sp³-hybridized carbons (Fsp3) is 0.667. The summed E-state index contributed by atoms with van der Waals surface area (Å²) in [5.74, 6) is -0.329. The van der Waals surface area contributed by atoms with Gasteiger partial charge >= 0.3 is 0 Å². The van der Waals surface area contributed by atoms with Crippen molar-refractivity contribution in [2.24, 2.45) is 0 Å². The number of aromatic amines is 1. The van der Waals surface area contributed by atoms with Crippen LogP contribution in [-0.2, 0) is 29.0 Å². The highest BCUT2D eigenvalue weighted by molar-refractivity contribution is 5.89. The van der Waals surface area contributed by atoms with E-state index in [2.05, 4.69) is 15.5 Å². The van der Waals surface area contributed by atoms with E-state index in [-0.39, 0.29) is 11.8 Å². The second-order valence-electron chi connectivity index (χ2n) is 6.30. The molecule has 0 unspecified atom stereocenters. The minimum Gasteiger partial charge on any atom is -0.342 e. The van der Waals surface area contributed by atoms with E-state index in [1.807, 2.05) is 0 Å². The molecule has 1 aliphatic rings. The van der Waals surface area contributed by atoms with Crippen LogP contribution in [-0.4, -0.2) is 39.5 Å². The first-order valence-corrected chi connectivity index (χ1v) is 7.40. The molecule has 0 saturated heterocycles. The third kappa shape index (κ3) is 3.43. The smallest absolute Gasteiger partial charge is 0.247 e. The first kappa shape index (κ1) is 15.5. The zero-order valence-electron chi connectivity index (χ0n) is 13.2. The summed E-state index contributed by atoms with van der Waals surface area (Å²) in [7, 11) is 1.75. The molecule has 2 rings (SSSR count). The van der Waals surface area contributed by atoms with Crippen LogP contribution in [0.15, 0.2) is 0 Å². The summed E-state index contributed by atoms with van der Waals surface area (Å²) in [6, 6.07) is 0. The number of carbonyl (C=O) groups excluding carboxylic acids is 2. The number of fused-ring (bicyclic) bond motifs is 1. The van der Waals surface area contributed by atoms with Gasteiger partial charge in [-0.15, -0.1) is 0 Å². The highest BCUT2D eigenvalue weighted by Gasteiger charge is 2.32. The molecule has 116 valence electrons. The maximum atomic E-state index is 12.5. The van der Waals surface area contributed by atoms with Crippen molar-refractivity contribution in [1.82, 2.24) is 20.4 Å². The lowest BCUT2D eigenvalue weighted by Gasteiger charge is -2.29. The van der Waals surface area contributed by atoms with Gasteiger partial charge in [0.15, 0.2) is 0 Å². The first-order valence-electron chi connectivity index (χ1n) is 7.40. The second-order valence-corrected chi connectivity index (χ2v) is 6.30. The summed E-state index contributed by atoms with van der Waals surface area (Å²) >= 11 is 0. The molecule has 1 aliphatic carbocycles. The van der Waals surface area contributed by atoms with Crippen LogP contribution in [0, 0.1) is 0 Å². The minimum absolute atomic E-state index is 0.120. The molecule has 1 heterocycles.